The smallest absolute Gasteiger partial charge is 0.133 e. The predicted molar refractivity (Wildman–Crippen MR) is 85.8 cm³/mol. The third kappa shape index (κ3) is 3.34. The van der Waals surface area contributed by atoms with Gasteiger partial charge in [0, 0.05) is 16.6 Å². The third-order valence-corrected chi connectivity index (χ3v) is 4.66. The fourth-order valence-electron chi connectivity index (χ4n) is 1.95. The van der Waals surface area contributed by atoms with E-state index in [1.807, 2.05) is 0 Å². The first-order valence-corrected chi connectivity index (χ1v) is 8.26. The summed E-state index contributed by atoms with van der Waals surface area (Å²) in [6, 6.07) is 2.07. The Balaban J connectivity index is 2.45. The predicted octanol–water partition coefficient (Wildman–Crippen LogP) is 4.74. The minimum atomic E-state index is 0.943. The van der Waals surface area contributed by atoms with Crippen molar-refractivity contribution in [1.82, 2.24) is 9.97 Å². The molecule has 0 aliphatic heterocycles. The number of hydrogen-bond acceptors (Lipinski definition) is 4. The molecule has 0 saturated heterocycles. The van der Waals surface area contributed by atoms with Crippen molar-refractivity contribution in [3.63, 3.8) is 0 Å². The molecule has 0 atom stereocenters. The van der Waals surface area contributed by atoms with Crippen molar-refractivity contribution in [2.75, 3.05) is 11.9 Å². The van der Waals surface area contributed by atoms with E-state index < -0.39 is 0 Å². The van der Waals surface area contributed by atoms with E-state index in [1.54, 1.807) is 17.7 Å². The minimum Gasteiger partial charge on any atom is -0.370 e. The maximum atomic E-state index is 4.50. The van der Waals surface area contributed by atoms with Gasteiger partial charge in [-0.3, -0.25) is 0 Å². The van der Waals surface area contributed by atoms with Crippen LogP contribution in [0.3, 0.4) is 0 Å². The molecule has 0 aromatic carbocycles. The molecule has 0 aliphatic rings. The second-order valence-electron chi connectivity index (χ2n) is 4.32. The molecular weight excluding hydrogens is 322 g/mol. The Hall–Kier alpha value is -0.940. The van der Waals surface area contributed by atoms with E-state index in [0.29, 0.717) is 0 Å². The molecule has 0 amide bonds. The molecule has 2 aromatic heterocycles. The average molecular weight is 340 g/mol. The summed E-state index contributed by atoms with van der Waals surface area (Å²) in [4.78, 5) is 10.1. The van der Waals surface area contributed by atoms with Gasteiger partial charge in [-0.15, -0.1) is 11.3 Å². The summed E-state index contributed by atoms with van der Waals surface area (Å²) in [7, 11) is 0. The molecule has 5 heteroatoms. The third-order valence-electron chi connectivity index (χ3n) is 2.82. The number of aromatic nitrogens is 2. The summed E-state index contributed by atoms with van der Waals surface area (Å²) in [6.07, 6.45) is 4.82. The first-order chi connectivity index (χ1) is 9.27. The molecule has 0 radical (unpaired) electrons. The quantitative estimate of drug-likeness (QED) is 0.825. The van der Waals surface area contributed by atoms with Crippen molar-refractivity contribution in [2.24, 2.45) is 0 Å². The van der Waals surface area contributed by atoms with E-state index >= 15 is 0 Å². The van der Waals surface area contributed by atoms with Gasteiger partial charge in [0.25, 0.3) is 0 Å². The Labute approximate surface area is 126 Å². The van der Waals surface area contributed by atoms with Crippen LogP contribution in [0.25, 0.3) is 10.6 Å². The first-order valence-electron chi connectivity index (χ1n) is 6.59. The fourth-order valence-corrected chi connectivity index (χ4v) is 3.54. The van der Waals surface area contributed by atoms with E-state index in [4.69, 9.17) is 0 Å². The number of thiophene rings is 1. The van der Waals surface area contributed by atoms with Gasteiger partial charge < -0.3 is 5.32 Å². The molecule has 0 aliphatic carbocycles. The van der Waals surface area contributed by atoms with Crippen molar-refractivity contribution >= 4 is 33.1 Å². The summed E-state index contributed by atoms with van der Waals surface area (Å²) < 4.78 is 1.11. The Kier molecular flexibility index (Phi) is 5.34. The largest absolute Gasteiger partial charge is 0.370 e. The van der Waals surface area contributed by atoms with Gasteiger partial charge in [-0.25, -0.2) is 9.97 Å². The normalized spacial score (nSPS) is 10.7. The second-order valence-corrected chi connectivity index (χ2v) is 6.09. The molecule has 2 heterocycles. The van der Waals surface area contributed by atoms with Gasteiger partial charge in [0.1, 0.15) is 12.1 Å². The monoisotopic (exact) mass is 339 g/mol. The van der Waals surface area contributed by atoms with Crippen molar-refractivity contribution in [2.45, 2.75) is 33.1 Å². The summed E-state index contributed by atoms with van der Waals surface area (Å²) in [5.74, 6) is 0.981. The van der Waals surface area contributed by atoms with E-state index in [-0.39, 0.29) is 0 Å². The highest BCUT2D eigenvalue weighted by Crippen LogP contribution is 2.36. The Bertz CT molecular complexity index is 539. The molecule has 0 saturated carbocycles. The number of hydrogen-bond donors (Lipinski definition) is 1. The summed E-state index contributed by atoms with van der Waals surface area (Å²) in [5.41, 5.74) is 2.28. The maximum absolute atomic E-state index is 4.50. The molecule has 2 aromatic rings. The molecule has 0 fully saturated rings. The van der Waals surface area contributed by atoms with Crippen LogP contribution >= 0.6 is 27.3 Å². The number of halogens is 1. The summed E-state index contributed by atoms with van der Waals surface area (Å²) >= 11 is 5.31. The zero-order valence-electron chi connectivity index (χ0n) is 11.2. The van der Waals surface area contributed by atoms with Crippen molar-refractivity contribution < 1.29 is 0 Å². The van der Waals surface area contributed by atoms with Gasteiger partial charge >= 0.3 is 0 Å². The van der Waals surface area contributed by atoms with Crippen LogP contribution in [0.15, 0.2) is 22.2 Å². The molecule has 102 valence electrons. The van der Waals surface area contributed by atoms with Gasteiger partial charge in [-0.05, 0) is 40.2 Å². The first kappa shape index (κ1) is 14.5. The highest BCUT2D eigenvalue weighted by molar-refractivity contribution is 9.10. The van der Waals surface area contributed by atoms with E-state index in [1.165, 1.54) is 10.4 Å². The van der Waals surface area contributed by atoms with Crippen LogP contribution in [0.4, 0.5) is 5.82 Å². The average Bonchev–Trinajstić information content (AvgIpc) is 2.84. The van der Waals surface area contributed by atoms with Crippen LogP contribution < -0.4 is 5.32 Å². The molecule has 0 unspecified atom stereocenters. The van der Waals surface area contributed by atoms with E-state index in [2.05, 4.69) is 56.5 Å². The standard InChI is InChI=1S/C14H18BrN3S/c1-3-5-10-12(13-11(15)6-8-19-13)17-9-18-14(10)16-7-4-2/h6,8-9H,3-5,7H2,1-2H3,(H,16,17,18). The Morgan fingerprint density at radius 2 is 2.11 bits per heavy atom. The molecule has 19 heavy (non-hydrogen) atoms. The van der Waals surface area contributed by atoms with Crippen LogP contribution in [0, 0.1) is 0 Å². The van der Waals surface area contributed by atoms with E-state index in [0.717, 1.165) is 41.8 Å². The van der Waals surface area contributed by atoms with Crippen LogP contribution in [0.1, 0.15) is 32.3 Å². The number of nitrogens with one attached hydrogen (secondary N) is 1. The van der Waals surface area contributed by atoms with Crippen LogP contribution in [0.2, 0.25) is 0 Å². The maximum Gasteiger partial charge on any atom is 0.133 e. The zero-order valence-corrected chi connectivity index (χ0v) is 13.6. The Morgan fingerprint density at radius 3 is 2.74 bits per heavy atom. The van der Waals surface area contributed by atoms with Crippen molar-refractivity contribution in [3.05, 3.63) is 27.8 Å². The lowest BCUT2D eigenvalue weighted by atomic mass is 10.1. The number of anilines is 1. The van der Waals surface area contributed by atoms with Crippen molar-refractivity contribution in [3.8, 4) is 10.6 Å². The number of nitrogens with zero attached hydrogens (tertiary/aromatic N) is 2. The Morgan fingerprint density at radius 1 is 1.26 bits per heavy atom. The lowest BCUT2D eigenvalue weighted by Crippen LogP contribution is -2.07. The van der Waals surface area contributed by atoms with Crippen molar-refractivity contribution in [1.29, 1.82) is 0 Å². The number of rotatable bonds is 6. The lowest BCUT2D eigenvalue weighted by molar-refractivity contribution is 0.893. The van der Waals surface area contributed by atoms with Crippen LogP contribution in [-0.2, 0) is 6.42 Å². The van der Waals surface area contributed by atoms with E-state index in [9.17, 15) is 0 Å². The second kappa shape index (κ2) is 7.01. The van der Waals surface area contributed by atoms with Gasteiger partial charge in [0.05, 0.1) is 10.6 Å². The minimum absolute atomic E-state index is 0.943. The summed E-state index contributed by atoms with van der Waals surface area (Å²) in [6.45, 7) is 5.28. The van der Waals surface area contributed by atoms with Gasteiger partial charge in [-0.1, -0.05) is 20.3 Å². The van der Waals surface area contributed by atoms with Crippen LogP contribution in [-0.4, -0.2) is 16.5 Å². The highest BCUT2D eigenvalue weighted by Gasteiger charge is 2.15. The van der Waals surface area contributed by atoms with Gasteiger partial charge in [0.2, 0.25) is 0 Å². The van der Waals surface area contributed by atoms with Crippen LogP contribution in [0.5, 0.6) is 0 Å². The molecule has 3 nitrogen and oxygen atoms in total. The molecule has 1 N–H and O–H groups in total. The zero-order chi connectivity index (χ0) is 13.7. The molecule has 2 rings (SSSR count). The highest BCUT2D eigenvalue weighted by atomic mass is 79.9. The lowest BCUT2D eigenvalue weighted by Gasteiger charge is -2.13. The fraction of sp³-hybridized carbons (Fsp3) is 0.429. The van der Waals surface area contributed by atoms with Gasteiger partial charge in [0.15, 0.2) is 0 Å². The molecule has 0 spiro atoms. The molecule has 0 bridgehead atoms. The van der Waals surface area contributed by atoms with Gasteiger partial charge in [-0.2, -0.15) is 0 Å². The topological polar surface area (TPSA) is 37.8 Å². The SMILES string of the molecule is CCCNc1ncnc(-c2sccc2Br)c1CCC. The summed E-state index contributed by atoms with van der Waals surface area (Å²) in [5, 5.41) is 5.49. The molecular formula is C14H18BrN3S.